The van der Waals surface area contributed by atoms with Gasteiger partial charge in [0, 0.05) is 61.9 Å². The standard InChI is InChI=1S/C29H30ClF2N5O4/c1-34-27(38)11-10-26(33-34)36-17-23(22-9-6-20(31)16-25(22)32)24(18-36)28(39)35-12-2-3-14-37(15-13-35,29(40)41)21-7-4-19(30)5-8-21/h4-11,16,23-24H,2-3,12-15,17-18H2,1H3/p+1/t23-,24+,37?/m0/s1. The van der Waals surface area contributed by atoms with Crippen LogP contribution in [0.25, 0.3) is 0 Å². The maximum Gasteiger partial charge on any atom is 0.518 e. The van der Waals surface area contributed by atoms with Crippen LogP contribution in [-0.2, 0) is 11.8 Å². The van der Waals surface area contributed by atoms with Crippen molar-refractivity contribution in [2.75, 3.05) is 44.2 Å². The van der Waals surface area contributed by atoms with E-state index in [1.807, 2.05) is 4.90 Å². The molecule has 5 rings (SSSR count). The summed E-state index contributed by atoms with van der Waals surface area (Å²) < 4.78 is 29.6. The highest BCUT2D eigenvalue weighted by Gasteiger charge is 2.45. The van der Waals surface area contributed by atoms with Crippen LogP contribution >= 0.6 is 11.6 Å². The zero-order chi connectivity index (χ0) is 29.3. The molecule has 2 fully saturated rings. The van der Waals surface area contributed by atoms with E-state index < -0.39 is 29.6 Å². The van der Waals surface area contributed by atoms with Crippen molar-refractivity contribution in [2.45, 2.75) is 18.8 Å². The van der Waals surface area contributed by atoms with Crippen molar-refractivity contribution in [3.63, 3.8) is 0 Å². The summed E-state index contributed by atoms with van der Waals surface area (Å²) in [4.78, 5) is 42.2. The van der Waals surface area contributed by atoms with Crippen LogP contribution in [0.5, 0.6) is 0 Å². The van der Waals surface area contributed by atoms with Crippen LogP contribution in [-0.4, -0.2) is 71.1 Å². The van der Waals surface area contributed by atoms with Gasteiger partial charge in [-0.2, -0.15) is 14.4 Å². The SMILES string of the molecule is Cn1nc(N2C[C@@H](C(=O)N3CCCC[N+](C(=O)O)(c4ccc(Cl)cc4)CC3)[C@H](c3ccc(F)cc3F)C2)ccc1=O. The Morgan fingerprint density at radius 2 is 1.76 bits per heavy atom. The molecule has 12 heteroatoms. The Morgan fingerprint density at radius 1 is 1.00 bits per heavy atom. The Bertz CT molecular complexity index is 1520. The number of carbonyl (C=O) groups is 2. The highest BCUT2D eigenvalue weighted by atomic mass is 35.5. The Balaban J connectivity index is 1.45. The highest BCUT2D eigenvalue weighted by molar-refractivity contribution is 6.30. The largest absolute Gasteiger partial charge is 0.518 e. The summed E-state index contributed by atoms with van der Waals surface area (Å²) >= 11 is 6.05. The molecule has 2 amide bonds. The first-order chi connectivity index (χ1) is 19.6. The van der Waals surface area contributed by atoms with Gasteiger partial charge < -0.3 is 14.9 Å². The van der Waals surface area contributed by atoms with Crippen LogP contribution in [0.1, 0.15) is 24.3 Å². The zero-order valence-corrected chi connectivity index (χ0v) is 23.3. The fourth-order valence-electron chi connectivity index (χ4n) is 5.96. The van der Waals surface area contributed by atoms with Crippen LogP contribution in [0, 0.1) is 17.6 Å². The number of benzene rings is 2. The average molecular weight is 587 g/mol. The number of hydrogen-bond acceptors (Lipinski definition) is 5. The van der Waals surface area contributed by atoms with E-state index in [0.717, 1.165) is 6.07 Å². The van der Waals surface area contributed by atoms with Gasteiger partial charge in [-0.05, 0) is 42.7 Å². The predicted octanol–water partition coefficient (Wildman–Crippen LogP) is 4.24. The molecule has 1 aromatic heterocycles. The van der Waals surface area contributed by atoms with E-state index in [2.05, 4.69) is 5.10 Å². The zero-order valence-electron chi connectivity index (χ0n) is 22.5. The van der Waals surface area contributed by atoms with Crippen molar-refractivity contribution in [1.29, 1.82) is 0 Å². The number of halogens is 3. The summed E-state index contributed by atoms with van der Waals surface area (Å²) in [5.41, 5.74) is 0.513. The molecule has 0 aliphatic carbocycles. The van der Waals surface area contributed by atoms with Gasteiger partial charge in [-0.3, -0.25) is 9.59 Å². The number of amides is 2. The molecule has 3 aromatic rings. The summed E-state index contributed by atoms with van der Waals surface area (Å²) in [6, 6.07) is 13.0. The third-order valence-electron chi connectivity index (χ3n) is 8.24. The first kappa shape index (κ1) is 28.7. The average Bonchev–Trinajstić information content (AvgIpc) is 3.36. The number of quaternary nitrogens is 1. The molecule has 0 radical (unpaired) electrons. The van der Waals surface area contributed by atoms with Crippen LogP contribution in [0.2, 0.25) is 5.02 Å². The Morgan fingerprint density at radius 3 is 2.44 bits per heavy atom. The minimum absolute atomic E-state index is 0.150. The van der Waals surface area contributed by atoms with E-state index in [9.17, 15) is 23.9 Å². The maximum absolute atomic E-state index is 15.0. The van der Waals surface area contributed by atoms with E-state index >= 15 is 4.39 Å². The van der Waals surface area contributed by atoms with Gasteiger partial charge in [-0.15, -0.1) is 0 Å². The number of hydrogen-bond donors (Lipinski definition) is 1. The lowest BCUT2D eigenvalue weighted by Gasteiger charge is -2.37. The molecule has 41 heavy (non-hydrogen) atoms. The summed E-state index contributed by atoms with van der Waals surface area (Å²) in [6.07, 6.45) is 0.162. The van der Waals surface area contributed by atoms with Gasteiger partial charge in [0.2, 0.25) is 5.91 Å². The van der Waals surface area contributed by atoms with Crippen molar-refractivity contribution in [1.82, 2.24) is 19.2 Å². The summed E-state index contributed by atoms with van der Waals surface area (Å²) in [5, 5.41) is 15.1. The van der Waals surface area contributed by atoms with Gasteiger partial charge in [-0.25, -0.2) is 13.5 Å². The van der Waals surface area contributed by atoms with E-state index in [4.69, 9.17) is 11.6 Å². The van der Waals surface area contributed by atoms with Gasteiger partial charge in [0.15, 0.2) is 0 Å². The second kappa shape index (κ2) is 11.6. The molecule has 2 saturated heterocycles. The first-order valence-corrected chi connectivity index (χ1v) is 13.9. The molecule has 2 aromatic carbocycles. The van der Waals surface area contributed by atoms with E-state index in [1.165, 1.54) is 29.9 Å². The molecule has 2 aliphatic heterocycles. The van der Waals surface area contributed by atoms with E-state index in [0.29, 0.717) is 42.5 Å². The lowest BCUT2D eigenvalue weighted by Crippen LogP contribution is -2.59. The third kappa shape index (κ3) is 5.69. The molecule has 0 spiro atoms. The van der Waals surface area contributed by atoms with Crippen molar-refractivity contribution in [3.05, 3.63) is 87.2 Å². The van der Waals surface area contributed by atoms with E-state index in [-0.39, 0.29) is 47.7 Å². The molecular weight excluding hydrogens is 556 g/mol. The third-order valence-corrected chi connectivity index (χ3v) is 8.49. The molecule has 1 N–H and O–H groups in total. The van der Waals surface area contributed by atoms with Crippen molar-refractivity contribution in [2.24, 2.45) is 13.0 Å². The Hall–Kier alpha value is -3.83. The molecule has 216 valence electrons. The lowest BCUT2D eigenvalue weighted by molar-refractivity contribution is -0.135. The quantitative estimate of drug-likeness (QED) is 0.460. The van der Waals surface area contributed by atoms with Crippen LogP contribution in [0.15, 0.2) is 59.4 Å². The van der Waals surface area contributed by atoms with Crippen molar-refractivity contribution in [3.8, 4) is 0 Å². The van der Waals surface area contributed by atoms with Crippen molar-refractivity contribution < 1.29 is 23.5 Å². The molecule has 0 saturated carbocycles. The minimum Gasteiger partial charge on any atom is -0.435 e. The molecule has 9 nitrogen and oxygen atoms in total. The number of carbonyl (C=O) groups excluding carboxylic acids is 1. The normalized spacial score (nSPS) is 23.2. The number of aromatic nitrogens is 2. The summed E-state index contributed by atoms with van der Waals surface area (Å²) in [5.74, 6) is -2.52. The molecular formula is C29H31ClF2N5O4+. The molecule has 2 aliphatic rings. The Kier molecular flexibility index (Phi) is 8.10. The van der Waals surface area contributed by atoms with Crippen LogP contribution in [0.4, 0.5) is 25.1 Å². The van der Waals surface area contributed by atoms with Gasteiger partial charge in [0.1, 0.15) is 29.7 Å². The Labute approximate surface area is 240 Å². The van der Waals surface area contributed by atoms with Crippen LogP contribution < -0.4 is 14.9 Å². The number of rotatable bonds is 4. The van der Waals surface area contributed by atoms with Crippen molar-refractivity contribution >= 4 is 35.1 Å². The molecule has 3 atom stereocenters. The highest BCUT2D eigenvalue weighted by Crippen LogP contribution is 2.38. The monoisotopic (exact) mass is 586 g/mol. The smallest absolute Gasteiger partial charge is 0.435 e. The topological polar surface area (TPSA) is 95.7 Å². The number of carboxylic acid groups (broad SMARTS) is 1. The van der Waals surface area contributed by atoms with Gasteiger partial charge in [-0.1, -0.05) is 17.7 Å². The number of anilines is 1. The number of nitrogens with zero attached hydrogens (tertiary/aromatic N) is 5. The van der Waals surface area contributed by atoms with E-state index in [1.54, 1.807) is 35.2 Å². The minimum atomic E-state index is -1.01. The molecule has 1 unspecified atom stereocenters. The summed E-state index contributed by atoms with van der Waals surface area (Å²) in [6.45, 7) is 1.58. The van der Waals surface area contributed by atoms with Gasteiger partial charge in [0.25, 0.3) is 5.56 Å². The maximum atomic E-state index is 15.0. The lowest BCUT2D eigenvalue weighted by atomic mass is 9.87. The predicted molar refractivity (Wildman–Crippen MR) is 151 cm³/mol. The molecule has 3 heterocycles. The second-order valence-electron chi connectivity index (χ2n) is 10.6. The van der Waals surface area contributed by atoms with Gasteiger partial charge >= 0.3 is 6.09 Å². The van der Waals surface area contributed by atoms with Gasteiger partial charge in [0.05, 0.1) is 19.0 Å². The summed E-state index contributed by atoms with van der Waals surface area (Å²) in [7, 11) is 1.52. The molecule has 0 bridgehead atoms. The fourth-order valence-corrected chi connectivity index (χ4v) is 6.08. The first-order valence-electron chi connectivity index (χ1n) is 13.5. The number of aryl methyl sites for hydroxylation is 1. The van der Waals surface area contributed by atoms with Crippen LogP contribution in [0.3, 0.4) is 0 Å². The second-order valence-corrected chi connectivity index (χ2v) is 11.1. The fraction of sp³-hybridized carbons (Fsp3) is 0.379.